The molecule has 1 fully saturated rings. The molecule has 0 aromatic heterocycles. The number of non-ortho nitro benzene ring substituents is 1. The van der Waals surface area contributed by atoms with Crippen LogP contribution in [0.4, 0.5) is 10.5 Å². The zero-order chi connectivity index (χ0) is 17.2. The first-order valence-electron chi connectivity index (χ1n) is 7.52. The quantitative estimate of drug-likeness (QED) is 0.612. The van der Waals surface area contributed by atoms with Crippen LogP contribution in [0, 0.1) is 10.1 Å². The third-order valence-corrected chi connectivity index (χ3v) is 3.44. The molecular weight excluding hydrogens is 300 g/mol. The number of carbonyl (C=O) groups excluding carboxylic acids is 1. The van der Waals surface area contributed by atoms with Crippen molar-refractivity contribution >= 4 is 11.8 Å². The summed E-state index contributed by atoms with van der Waals surface area (Å²) in [5.41, 5.74) is 0.112. The highest BCUT2D eigenvalue weighted by Crippen LogP contribution is 2.33. The molecule has 1 aliphatic carbocycles. The fraction of sp³-hybridized carbons (Fsp3) is 0.562. The third kappa shape index (κ3) is 4.58. The van der Waals surface area contributed by atoms with Crippen LogP contribution in [0.3, 0.4) is 0 Å². The van der Waals surface area contributed by atoms with Crippen molar-refractivity contribution in [2.75, 3.05) is 7.11 Å². The van der Waals surface area contributed by atoms with Gasteiger partial charge in [-0.1, -0.05) is 0 Å². The fourth-order valence-corrected chi connectivity index (χ4v) is 2.21. The number of methoxy groups -OCH3 is 1. The number of rotatable bonds is 5. The second kappa shape index (κ2) is 6.44. The Morgan fingerprint density at radius 3 is 2.52 bits per heavy atom. The van der Waals surface area contributed by atoms with Gasteiger partial charge >= 0.3 is 6.09 Å². The zero-order valence-electron chi connectivity index (χ0n) is 13.9. The molecule has 7 nitrogen and oxygen atoms in total. The number of benzene rings is 1. The molecular formula is C16H22N2O5. The lowest BCUT2D eigenvalue weighted by molar-refractivity contribution is -0.384. The Balaban J connectivity index is 2.20. The number of nitro benzene ring substituents is 1. The van der Waals surface area contributed by atoms with Gasteiger partial charge in [0.1, 0.15) is 11.4 Å². The number of nitro groups is 1. The highest BCUT2D eigenvalue weighted by atomic mass is 16.6. The van der Waals surface area contributed by atoms with Gasteiger partial charge in [0.15, 0.2) is 0 Å². The number of hydrogen-bond acceptors (Lipinski definition) is 5. The summed E-state index contributed by atoms with van der Waals surface area (Å²) < 4.78 is 10.7. The molecule has 0 N–H and O–H groups in total. The van der Waals surface area contributed by atoms with E-state index < -0.39 is 10.5 Å². The van der Waals surface area contributed by atoms with Crippen molar-refractivity contribution in [3.8, 4) is 5.75 Å². The van der Waals surface area contributed by atoms with E-state index in [1.807, 2.05) is 20.8 Å². The largest absolute Gasteiger partial charge is 0.496 e. The van der Waals surface area contributed by atoms with Crippen LogP contribution in [0.25, 0.3) is 0 Å². The van der Waals surface area contributed by atoms with E-state index in [2.05, 4.69) is 0 Å². The van der Waals surface area contributed by atoms with Gasteiger partial charge in [-0.15, -0.1) is 0 Å². The Morgan fingerprint density at radius 2 is 2.04 bits per heavy atom. The SMILES string of the molecule is COc1cc([N+](=O)[O-])ccc1CN(C(=O)OC(C)(C)C)C1CC1. The van der Waals surface area contributed by atoms with Crippen molar-refractivity contribution < 1.29 is 19.2 Å². The van der Waals surface area contributed by atoms with E-state index in [9.17, 15) is 14.9 Å². The van der Waals surface area contributed by atoms with Crippen LogP contribution in [0.5, 0.6) is 5.75 Å². The molecule has 1 saturated carbocycles. The number of hydrogen-bond donors (Lipinski definition) is 0. The summed E-state index contributed by atoms with van der Waals surface area (Å²) in [5, 5.41) is 10.9. The number of nitrogens with zero attached hydrogens (tertiary/aromatic N) is 2. The van der Waals surface area contributed by atoms with E-state index in [1.54, 1.807) is 11.0 Å². The van der Waals surface area contributed by atoms with Crippen LogP contribution in [0.2, 0.25) is 0 Å². The maximum atomic E-state index is 12.4. The summed E-state index contributed by atoms with van der Waals surface area (Å²) in [6.45, 7) is 5.77. The van der Waals surface area contributed by atoms with E-state index >= 15 is 0 Å². The molecule has 23 heavy (non-hydrogen) atoms. The monoisotopic (exact) mass is 322 g/mol. The predicted octanol–water partition coefficient (Wildman–Crippen LogP) is 3.50. The lowest BCUT2D eigenvalue weighted by Gasteiger charge is -2.27. The van der Waals surface area contributed by atoms with Crippen LogP contribution >= 0.6 is 0 Å². The molecule has 7 heteroatoms. The topological polar surface area (TPSA) is 81.9 Å². The maximum Gasteiger partial charge on any atom is 0.410 e. The number of carbonyl (C=O) groups is 1. The van der Waals surface area contributed by atoms with Gasteiger partial charge in [0.2, 0.25) is 0 Å². The average Bonchev–Trinajstić information content (AvgIpc) is 3.26. The molecule has 0 aliphatic heterocycles. The first kappa shape index (κ1) is 17.1. The molecule has 0 radical (unpaired) electrons. The Morgan fingerprint density at radius 1 is 1.39 bits per heavy atom. The van der Waals surface area contributed by atoms with E-state index in [4.69, 9.17) is 9.47 Å². The lowest BCUT2D eigenvalue weighted by Crippen LogP contribution is -2.37. The molecule has 1 amide bonds. The van der Waals surface area contributed by atoms with Gasteiger partial charge in [-0.05, 0) is 39.7 Å². The molecule has 1 aromatic carbocycles. The molecule has 0 spiro atoms. The van der Waals surface area contributed by atoms with Crippen LogP contribution in [0.1, 0.15) is 39.2 Å². The van der Waals surface area contributed by atoms with Crippen molar-refractivity contribution in [2.24, 2.45) is 0 Å². The van der Waals surface area contributed by atoms with E-state index in [1.165, 1.54) is 19.2 Å². The average molecular weight is 322 g/mol. The molecule has 2 rings (SSSR count). The molecule has 1 aromatic rings. The Labute approximate surface area is 135 Å². The molecule has 126 valence electrons. The molecule has 0 unspecified atom stereocenters. The molecule has 1 aliphatic rings. The maximum absolute atomic E-state index is 12.4. The van der Waals surface area contributed by atoms with Gasteiger partial charge < -0.3 is 14.4 Å². The predicted molar refractivity (Wildman–Crippen MR) is 84.4 cm³/mol. The van der Waals surface area contributed by atoms with Gasteiger partial charge in [0.25, 0.3) is 5.69 Å². The minimum absolute atomic E-state index is 0.0409. The Bertz CT molecular complexity index is 605. The van der Waals surface area contributed by atoms with Gasteiger partial charge in [-0.2, -0.15) is 0 Å². The van der Waals surface area contributed by atoms with Crippen molar-refractivity contribution in [1.29, 1.82) is 0 Å². The first-order valence-corrected chi connectivity index (χ1v) is 7.52. The molecule has 0 saturated heterocycles. The summed E-state index contributed by atoms with van der Waals surface area (Å²) in [4.78, 5) is 24.4. The summed E-state index contributed by atoms with van der Waals surface area (Å²) in [6.07, 6.45) is 1.50. The van der Waals surface area contributed by atoms with Gasteiger partial charge in [0.05, 0.1) is 24.6 Å². The number of ether oxygens (including phenoxy) is 2. The van der Waals surface area contributed by atoms with Crippen LogP contribution < -0.4 is 4.74 Å². The van der Waals surface area contributed by atoms with Crippen LogP contribution in [-0.4, -0.2) is 34.7 Å². The number of amides is 1. The van der Waals surface area contributed by atoms with Crippen molar-refractivity contribution in [2.45, 2.75) is 51.8 Å². The van der Waals surface area contributed by atoms with Gasteiger partial charge in [-0.3, -0.25) is 10.1 Å². The van der Waals surface area contributed by atoms with E-state index in [0.717, 1.165) is 18.4 Å². The summed E-state index contributed by atoms with van der Waals surface area (Å²) in [5.74, 6) is 0.397. The highest BCUT2D eigenvalue weighted by molar-refractivity contribution is 5.69. The molecule has 0 heterocycles. The standard InChI is InChI=1S/C16H22N2O5/c1-16(2,3)23-15(19)17(12-7-8-12)10-11-5-6-13(18(20)21)9-14(11)22-4/h5-6,9,12H,7-8,10H2,1-4H3. The Kier molecular flexibility index (Phi) is 4.77. The minimum Gasteiger partial charge on any atom is -0.496 e. The Hall–Kier alpha value is -2.31. The highest BCUT2D eigenvalue weighted by Gasteiger charge is 2.35. The van der Waals surface area contributed by atoms with E-state index in [0.29, 0.717) is 12.3 Å². The summed E-state index contributed by atoms with van der Waals surface area (Å²) >= 11 is 0. The molecule has 0 atom stereocenters. The van der Waals surface area contributed by atoms with Crippen molar-refractivity contribution in [3.63, 3.8) is 0 Å². The second-order valence-corrected chi connectivity index (χ2v) is 6.59. The smallest absolute Gasteiger partial charge is 0.410 e. The van der Waals surface area contributed by atoms with Gasteiger partial charge in [0, 0.05) is 17.7 Å². The van der Waals surface area contributed by atoms with E-state index in [-0.39, 0.29) is 17.8 Å². The van der Waals surface area contributed by atoms with Crippen molar-refractivity contribution in [3.05, 3.63) is 33.9 Å². The van der Waals surface area contributed by atoms with Crippen LogP contribution in [0.15, 0.2) is 18.2 Å². The normalized spacial score (nSPS) is 14.3. The first-order chi connectivity index (χ1) is 10.7. The van der Waals surface area contributed by atoms with Crippen molar-refractivity contribution in [1.82, 2.24) is 4.90 Å². The minimum atomic E-state index is -0.566. The summed E-state index contributed by atoms with van der Waals surface area (Å²) in [6, 6.07) is 4.56. The third-order valence-electron chi connectivity index (χ3n) is 3.44. The fourth-order valence-electron chi connectivity index (χ4n) is 2.21. The van der Waals surface area contributed by atoms with Gasteiger partial charge in [-0.25, -0.2) is 4.79 Å². The summed E-state index contributed by atoms with van der Waals surface area (Å²) in [7, 11) is 1.46. The van der Waals surface area contributed by atoms with Crippen LogP contribution in [-0.2, 0) is 11.3 Å². The lowest BCUT2D eigenvalue weighted by atomic mass is 10.1. The second-order valence-electron chi connectivity index (χ2n) is 6.59. The zero-order valence-corrected chi connectivity index (χ0v) is 13.9. The molecule has 0 bridgehead atoms.